The molecule has 18 heavy (non-hydrogen) atoms. The molecule has 0 amide bonds. The zero-order chi connectivity index (χ0) is 14.0. The van der Waals surface area contributed by atoms with Gasteiger partial charge in [-0.3, -0.25) is 0 Å². The highest BCUT2D eigenvalue weighted by molar-refractivity contribution is 4.87. The van der Waals surface area contributed by atoms with E-state index in [1.807, 2.05) is 0 Å². The summed E-state index contributed by atoms with van der Waals surface area (Å²) in [5.74, 6) is 0.600. The van der Waals surface area contributed by atoms with Gasteiger partial charge >= 0.3 is 0 Å². The molecule has 0 spiro atoms. The van der Waals surface area contributed by atoms with E-state index in [-0.39, 0.29) is 0 Å². The maximum atomic E-state index is 6.49. The number of nitrogens with two attached hydrogens (primary N) is 1. The van der Waals surface area contributed by atoms with E-state index in [9.17, 15) is 0 Å². The number of rotatable bonds is 11. The maximum absolute atomic E-state index is 6.49. The van der Waals surface area contributed by atoms with Crippen LogP contribution >= 0.6 is 0 Å². The van der Waals surface area contributed by atoms with Crippen molar-refractivity contribution in [1.82, 2.24) is 0 Å². The Morgan fingerprint density at radius 3 is 1.72 bits per heavy atom. The van der Waals surface area contributed by atoms with E-state index >= 15 is 0 Å². The molecule has 0 saturated carbocycles. The third-order valence-electron chi connectivity index (χ3n) is 4.48. The lowest BCUT2D eigenvalue weighted by molar-refractivity contribution is 0.163. The van der Waals surface area contributed by atoms with E-state index in [2.05, 4.69) is 34.6 Å². The van der Waals surface area contributed by atoms with Crippen molar-refractivity contribution in [3.63, 3.8) is 0 Å². The minimum atomic E-state index is 0.357. The third kappa shape index (κ3) is 6.78. The van der Waals surface area contributed by atoms with Crippen LogP contribution in [0.1, 0.15) is 92.4 Å². The second-order valence-electron chi connectivity index (χ2n) is 6.69. The largest absolute Gasteiger partial charge is 0.327 e. The highest BCUT2D eigenvalue weighted by Crippen LogP contribution is 2.36. The molecule has 1 heteroatoms. The summed E-state index contributed by atoms with van der Waals surface area (Å²) in [6.45, 7) is 11.5. The van der Waals surface area contributed by atoms with Crippen LogP contribution in [-0.2, 0) is 0 Å². The molecule has 0 aliphatic carbocycles. The van der Waals surface area contributed by atoms with Crippen LogP contribution in [0.2, 0.25) is 0 Å². The maximum Gasteiger partial charge on any atom is 0.0116 e. The molecule has 0 bridgehead atoms. The summed E-state index contributed by atoms with van der Waals surface area (Å²) in [6, 6.07) is 0.357. The SMILES string of the molecule is CCCCCCC(C)(CCCCC)[C@@H](N)C(C)C. The first kappa shape index (κ1) is 18.0. The summed E-state index contributed by atoms with van der Waals surface area (Å²) in [6.07, 6.45) is 12.1. The molecule has 0 radical (unpaired) electrons. The van der Waals surface area contributed by atoms with Gasteiger partial charge < -0.3 is 5.73 Å². The second-order valence-corrected chi connectivity index (χ2v) is 6.69. The van der Waals surface area contributed by atoms with Crippen LogP contribution in [-0.4, -0.2) is 6.04 Å². The predicted molar refractivity (Wildman–Crippen MR) is 83.8 cm³/mol. The first-order valence-corrected chi connectivity index (χ1v) is 8.23. The van der Waals surface area contributed by atoms with Gasteiger partial charge in [-0.1, -0.05) is 79.6 Å². The number of hydrogen-bond donors (Lipinski definition) is 1. The molecule has 0 aliphatic heterocycles. The molecular weight excluding hydrogens is 218 g/mol. The van der Waals surface area contributed by atoms with E-state index in [1.165, 1.54) is 57.8 Å². The summed E-state index contributed by atoms with van der Waals surface area (Å²) >= 11 is 0. The van der Waals surface area contributed by atoms with Gasteiger partial charge in [0.1, 0.15) is 0 Å². The molecular formula is C17H37N. The van der Waals surface area contributed by atoms with Crippen molar-refractivity contribution < 1.29 is 0 Å². The first-order valence-electron chi connectivity index (χ1n) is 8.23. The standard InChI is InChI=1S/C17H37N/c1-6-8-10-12-14-17(5,13-11-9-7-2)16(18)15(3)4/h15-16H,6-14,18H2,1-5H3/t16-,17?/m0/s1. The van der Waals surface area contributed by atoms with Gasteiger partial charge in [0, 0.05) is 6.04 Å². The zero-order valence-corrected chi connectivity index (χ0v) is 13.6. The Kier molecular flexibility index (Phi) is 9.81. The Bertz CT molecular complexity index is 188. The predicted octanol–water partition coefficient (Wildman–Crippen LogP) is 5.53. The Morgan fingerprint density at radius 1 is 0.833 bits per heavy atom. The molecule has 2 atom stereocenters. The normalized spacial score (nSPS) is 16.8. The van der Waals surface area contributed by atoms with E-state index in [0.717, 1.165) is 0 Å². The van der Waals surface area contributed by atoms with Gasteiger partial charge in [-0.05, 0) is 24.2 Å². The van der Waals surface area contributed by atoms with Crippen molar-refractivity contribution in [2.75, 3.05) is 0 Å². The van der Waals surface area contributed by atoms with Crippen LogP contribution in [0.3, 0.4) is 0 Å². The van der Waals surface area contributed by atoms with E-state index in [4.69, 9.17) is 5.73 Å². The summed E-state index contributed by atoms with van der Waals surface area (Å²) in [7, 11) is 0. The minimum Gasteiger partial charge on any atom is -0.327 e. The molecule has 110 valence electrons. The topological polar surface area (TPSA) is 26.0 Å². The van der Waals surface area contributed by atoms with Crippen molar-refractivity contribution in [3.05, 3.63) is 0 Å². The summed E-state index contributed by atoms with van der Waals surface area (Å²) in [4.78, 5) is 0. The minimum absolute atomic E-state index is 0.357. The molecule has 1 nitrogen and oxygen atoms in total. The van der Waals surface area contributed by atoms with Crippen molar-refractivity contribution in [2.24, 2.45) is 17.1 Å². The molecule has 0 saturated heterocycles. The molecule has 0 fully saturated rings. The van der Waals surface area contributed by atoms with Crippen molar-refractivity contribution >= 4 is 0 Å². The van der Waals surface area contributed by atoms with Gasteiger partial charge in [-0.25, -0.2) is 0 Å². The second kappa shape index (κ2) is 9.83. The van der Waals surface area contributed by atoms with Crippen LogP contribution < -0.4 is 5.73 Å². The lowest BCUT2D eigenvalue weighted by atomic mass is 9.70. The average Bonchev–Trinajstić information content (AvgIpc) is 2.34. The van der Waals surface area contributed by atoms with Gasteiger partial charge in [-0.2, -0.15) is 0 Å². The molecule has 0 aliphatic rings. The quantitative estimate of drug-likeness (QED) is 0.483. The monoisotopic (exact) mass is 255 g/mol. The van der Waals surface area contributed by atoms with Gasteiger partial charge in [0.15, 0.2) is 0 Å². The van der Waals surface area contributed by atoms with Crippen LogP contribution in [0.15, 0.2) is 0 Å². The number of hydrogen-bond acceptors (Lipinski definition) is 1. The lowest BCUT2D eigenvalue weighted by Crippen LogP contribution is -2.43. The third-order valence-corrected chi connectivity index (χ3v) is 4.48. The molecule has 0 aromatic heterocycles. The summed E-state index contributed by atoms with van der Waals surface area (Å²) in [5, 5.41) is 0. The van der Waals surface area contributed by atoms with Crippen LogP contribution in [0.4, 0.5) is 0 Å². The van der Waals surface area contributed by atoms with Crippen molar-refractivity contribution in [2.45, 2.75) is 98.4 Å². The molecule has 2 N–H and O–H groups in total. The van der Waals surface area contributed by atoms with Gasteiger partial charge in [0.05, 0.1) is 0 Å². The molecule has 0 heterocycles. The lowest BCUT2D eigenvalue weighted by Gasteiger charge is -2.38. The van der Waals surface area contributed by atoms with Gasteiger partial charge in [0.2, 0.25) is 0 Å². The Morgan fingerprint density at radius 2 is 1.28 bits per heavy atom. The van der Waals surface area contributed by atoms with Crippen LogP contribution in [0.25, 0.3) is 0 Å². The zero-order valence-electron chi connectivity index (χ0n) is 13.6. The first-order chi connectivity index (χ1) is 8.48. The van der Waals surface area contributed by atoms with Crippen molar-refractivity contribution in [1.29, 1.82) is 0 Å². The van der Waals surface area contributed by atoms with E-state index in [1.54, 1.807) is 0 Å². The molecule has 0 rings (SSSR count). The molecule has 1 unspecified atom stereocenters. The Hall–Kier alpha value is -0.0400. The summed E-state index contributed by atoms with van der Waals surface area (Å²) < 4.78 is 0. The fraction of sp³-hybridized carbons (Fsp3) is 1.00. The molecule has 0 aromatic rings. The highest BCUT2D eigenvalue weighted by Gasteiger charge is 2.32. The fourth-order valence-corrected chi connectivity index (χ4v) is 3.00. The molecule has 0 aromatic carbocycles. The van der Waals surface area contributed by atoms with E-state index in [0.29, 0.717) is 17.4 Å². The van der Waals surface area contributed by atoms with E-state index < -0.39 is 0 Å². The average molecular weight is 255 g/mol. The van der Waals surface area contributed by atoms with Crippen LogP contribution in [0, 0.1) is 11.3 Å². The van der Waals surface area contributed by atoms with Gasteiger partial charge in [0.25, 0.3) is 0 Å². The number of unbranched alkanes of at least 4 members (excludes halogenated alkanes) is 5. The Labute approximate surface area is 116 Å². The smallest absolute Gasteiger partial charge is 0.0116 e. The van der Waals surface area contributed by atoms with Gasteiger partial charge in [-0.15, -0.1) is 0 Å². The Balaban J connectivity index is 4.29. The van der Waals surface area contributed by atoms with Crippen LogP contribution in [0.5, 0.6) is 0 Å². The fourth-order valence-electron chi connectivity index (χ4n) is 3.00. The summed E-state index contributed by atoms with van der Waals surface area (Å²) in [5.41, 5.74) is 6.85. The highest BCUT2D eigenvalue weighted by atomic mass is 14.7. The van der Waals surface area contributed by atoms with Crippen molar-refractivity contribution in [3.8, 4) is 0 Å².